The van der Waals surface area contributed by atoms with Crippen molar-refractivity contribution in [3.8, 4) is 17.6 Å². The molecule has 4 nitrogen and oxygen atoms in total. The smallest absolute Gasteiger partial charge is 0.314 e. The Morgan fingerprint density at radius 3 is 2.50 bits per heavy atom. The summed E-state index contributed by atoms with van der Waals surface area (Å²) in [4.78, 5) is 12.7. The number of allylic oxidation sites excluding steroid dienone is 1. The summed E-state index contributed by atoms with van der Waals surface area (Å²) < 4.78 is 11.4. The van der Waals surface area contributed by atoms with E-state index >= 15 is 0 Å². The number of carbonyl (C=O) groups excluding carboxylic acids is 1. The molecule has 0 aliphatic heterocycles. The van der Waals surface area contributed by atoms with Gasteiger partial charge in [0, 0.05) is 5.56 Å². The van der Waals surface area contributed by atoms with E-state index in [4.69, 9.17) is 32.7 Å². The third kappa shape index (κ3) is 4.16. The first-order valence-corrected chi connectivity index (χ1v) is 9.58. The van der Waals surface area contributed by atoms with Crippen LogP contribution in [-0.2, 0) is 9.53 Å². The molecule has 6 heteroatoms. The molecule has 1 aliphatic carbocycles. The highest BCUT2D eigenvalue weighted by Gasteiger charge is 2.64. The van der Waals surface area contributed by atoms with Gasteiger partial charge in [-0.15, -0.1) is 0 Å². The second kappa shape index (κ2) is 8.26. The Balaban J connectivity index is 1.74. The maximum Gasteiger partial charge on any atom is 0.314 e. The second-order valence-corrected chi connectivity index (χ2v) is 7.96. The lowest BCUT2D eigenvalue weighted by molar-refractivity contribution is -0.153. The van der Waals surface area contributed by atoms with Gasteiger partial charge < -0.3 is 9.47 Å². The van der Waals surface area contributed by atoms with Crippen LogP contribution in [-0.4, -0.2) is 5.97 Å². The number of nitriles is 1. The van der Waals surface area contributed by atoms with E-state index in [0.29, 0.717) is 17.1 Å². The van der Waals surface area contributed by atoms with Gasteiger partial charge in [0.1, 0.15) is 22.1 Å². The van der Waals surface area contributed by atoms with Crippen LogP contribution in [0.15, 0.2) is 65.2 Å². The van der Waals surface area contributed by atoms with Gasteiger partial charge in [-0.25, -0.2) is 0 Å². The molecule has 0 radical (unpaired) electrons. The Bertz CT molecular complexity index is 934. The number of rotatable bonds is 6. The number of halogens is 2. The molecule has 0 unspecified atom stereocenters. The van der Waals surface area contributed by atoms with Crippen LogP contribution in [0.25, 0.3) is 0 Å². The largest absolute Gasteiger partial charge is 0.457 e. The molecule has 0 aromatic heterocycles. The van der Waals surface area contributed by atoms with E-state index < -0.39 is 17.5 Å². The average Bonchev–Trinajstić information content (AvgIpc) is 3.20. The van der Waals surface area contributed by atoms with Crippen molar-refractivity contribution < 1.29 is 14.3 Å². The van der Waals surface area contributed by atoms with E-state index in [0.717, 1.165) is 0 Å². The van der Waals surface area contributed by atoms with Crippen molar-refractivity contribution in [3.05, 3.63) is 70.7 Å². The number of hydrogen-bond acceptors (Lipinski definition) is 4. The van der Waals surface area contributed by atoms with E-state index in [1.165, 1.54) is 0 Å². The Morgan fingerprint density at radius 2 is 1.86 bits per heavy atom. The quantitative estimate of drug-likeness (QED) is 0.528. The fraction of sp³-hybridized carbons (Fsp3) is 0.273. The van der Waals surface area contributed by atoms with Gasteiger partial charge in [0.05, 0.1) is 5.41 Å². The van der Waals surface area contributed by atoms with Gasteiger partial charge in [-0.2, -0.15) is 5.26 Å². The maximum absolute atomic E-state index is 12.7. The molecular formula is C22H19Cl2NO3. The van der Waals surface area contributed by atoms with Crippen LogP contribution < -0.4 is 4.74 Å². The van der Waals surface area contributed by atoms with Crippen LogP contribution in [0.1, 0.15) is 25.5 Å². The molecule has 1 saturated carbocycles. The first-order chi connectivity index (χ1) is 13.4. The lowest BCUT2D eigenvalue weighted by Gasteiger charge is -2.16. The average molecular weight is 416 g/mol. The zero-order valence-corrected chi connectivity index (χ0v) is 16.9. The Morgan fingerprint density at radius 1 is 1.18 bits per heavy atom. The summed E-state index contributed by atoms with van der Waals surface area (Å²) in [6.07, 6.45) is 0.609. The third-order valence-electron chi connectivity index (χ3n) is 5.30. The minimum absolute atomic E-state index is 0.0274. The van der Waals surface area contributed by atoms with Gasteiger partial charge in [0.25, 0.3) is 0 Å². The first-order valence-electron chi connectivity index (χ1n) is 8.82. The fourth-order valence-corrected chi connectivity index (χ4v) is 3.58. The number of esters is 1. The minimum atomic E-state index is -1.03. The third-order valence-corrected chi connectivity index (χ3v) is 5.55. The molecule has 28 heavy (non-hydrogen) atoms. The van der Waals surface area contributed by atoms with Gasteiger partial charge in [-0.3, -0.25) is 4.79 Å². The molecule has 2 aromatic rings. The molecule has 0 bridgehead atoms. The maximum atomic E-state index is 12.7. The SMILES string of the molecule is C[C@H]1[C@@H](C=C(Cl)Cl)[C@@]1(C)C(=O)O[C@@H](C#N)c1cccc(Oc2ccccc2)c1. The number of ether oxygens (including phenoxy) is 2. The summed E-state index contributed by atoms with van der Waals surface area (Å²) in [6.45, 7) is 3.72. The lowest BCUT2D eigenvalue weighted by atomic mass is 10.0. The predicted molar refractivity (Wildman–Crippen MR) is 108 cm³/mol. The molecule has 0 heterocycles. The summed E-state index contributed by atoms with van der Waals surface area (Å²) in [5.74, 6) is 0.700. The summed E-state index contributed by atoms with van der Waals surface area (Å²) in [5, 5.41) is 9.55. The molecule has 144 valence electrons. The van der Waals surface area contributed by atoms with Gasteiger partial charge in [0.2, 0.25) is 6.10 Å². The number of benzene rings is 2. The van der Waals surface area contributed by atoms with Crippen molar-refractivity contribution in [3.63, 3.8) is 0 Å². The highest BCUT2D eigenvalue weighted by molar-refractivity contribution is 6.55. The van der Waals surface area contributed by atoms with Gasteiger partial charge in [-0.1, -0.05) is 60.5 Å². The number of para-hydroxylation sites is 1. The van der Waals surface area contributed by atoms with E-state index in [2.05, 4.69) is 0 Å². The van der Waals surface area contributed by atoms with Gasteiger partial charge in [0.15, 0.2) is 0 Å². The van der Waals surface area contributed by atoms with Crippen molar-refractivity contribution in [2.75, 3.05) is 0 Å². The van der Waals surface area contributed by atoms with Crippen molar-refractivity contribution in [2.24, 2.45) is 17.3 Å². The highest BCUT2D eigenvalue weighted by atomic mass is 35.5. The van der Waals surface area contributed by atoms with Crippen LogP contribution >= 0.6 is 23.2 Å². The molecule has 1 fully saturated rings. The molecule has 0 amide bonds. The highest BCUT2D eigenvalue weighted by Crippen LogP contribution is 2.60. The Kier molecular flexibility index (Phi) is 5.98. The number of hydrogen-bond donors (Lipinski definition) is 0. The van der Waals surface area contributed by atoms with Crippen molar-refractivity contribution in [1.29, 1.82) is 5.26 Å². The molecular weight excluding hydrogens is 397 g/mol. The lowest BCUT2D eigenvalue weighted by Crippen LogP contribution is -2.21. The summed E-state index contributed by atoms with van der Waals surface area (Å²) in [5.41, 5.74) is -0.203. The van der Waals surface area contributed by atoms with E-state index in [1.807, 2.05) is 43.3 Å². The van der Waals surface area contributed by atoms with Crippen LogP contribution in [0.3, 0.4) is 0 Å². The second-order valence-electron chi connectivity index (χ2n) is 6.96. The number of nitrogens with zero attached hydrogens (tertiary/aromatic N) is 1. The van der Waals surface area contributed by atoms with Gasteiger partial charge >= 0.3 is 5.97 Å². The fourth-order valence-electron chi connectivity index (χ4n) is 3.31. The standard InChI is InChI=1S/C22H19Cl2NO3/c1-14-18(12-20(23)24)22(14,2)21(26)28-19(13-25)15-7-6-10-17(11-15)27-16-8-4-3-5-9-16/h3-12,14,18-19H,1-2H3/t14-,18+,19-,22-/m0/s1. The van der Waals surface area contributed by atoms with E-state index in [9.17, 15) is 10.1 Å². The number of carbonyl (C=O) groups is 1. The van der Waals surface area contributed by atoms with E-state index in [-0.39, 0.29) is 16.3 Å². The molecule has 2 aromatic carbocycles. The summed E-state index contributed by atoms with van der Waals surface area (Å²) in [7, 11) is 0. The monoisotopic (exact) mass is 415 g/mol. The van der Waals surface area contributed by atoms with Gasteiger partial charge in [-0.05, 0) is 49.1 Å². The zero-order valence-electron chi connectivity index (χ0n) is 15.4. The van der Waals surface area contributed by atoms with E-state index in [1.54, 1.807) is 37.3 Å². The van der Waals surface area contributed by atoms with Crippen LogP contribution in [0, 0.1) is 28.6 Å². The topological polar surface area (TPSA) is 59.3 Å². The predicted octanol–water partition coefficient (Wildman–Crippen LogP) is 6.18. The minimum Gasteiger partial charge on any atom is -0.457 e. The zero-order chi connectivity index (χ0) is 20.3. The molecule has 0 saturated heterocycles. The van der Waals surface area contributed by atoms with Crippen LogP contribution in [0.5, 0.6) is 11.5 Å². The first kappa shape index (κ1) is 20.3. The summed E-state index contributed by atoms with van der Waals surface area (Å²) >= 11 is 11.5. The Hall–Kier alpha value is -2.48. The van der Waals surface area contributed by atoms with Crippen LogP contribution in [0.2, 0.25) is 0 Å². The van der Waals surface area contributed by atoms with Crippen LogP contribution in [0.4, 0.5) is 0 Å². The molecule has 0 spiro atoms. The molecule has 3 rings (SSSR count). The molecule has 1 aliphatic rings. The van der Waals surface area contributed by atoms with Crippen molar-refractivity contribution in [2.45, 2.75) is 20.0 Å². The van der Waals surface area contributed by atoms with Crippen molar-refractivity contribution in [1.82, 2.24) is 0 Å². The molecule has 0 N–H and O–H groups in total. The summed E-state index contributed by atoms with van der Waals surface area (Å²) in [6, 6.07) is 18.3. The molecule has 4 atom stereocenters. The normalized spacial score (nSPS) is 23.8. The van der Waals surface area contributed by atoms with Crippen molar-refractivity contribution >= 4 is 29.2 Å². The Labute approximate surface area is 174 Å².